The van der Waals surface area contributed by atoms with Gasteiger partial charge in [0.25, 0.3) is 17.5 Å². The standard InChI is InChI=1S/C36H35N3O8Si/c1-22-33(48(2,3)45)32(17-18-40)47-36(22)27-20-25(39(43)44)15-16-28(27)37(35(36)42)21-23-9-8-10-24(19-23)38-29-12-5-7-14-31(29)46-30-13-6-4-11-26(30)34(38)41/h4-16,19-20,22,32-33,40,45H,17-18,21H2,1-3H3/t22-,32+,33-,36+/m0/s1. The van der Waals surface area contributed by atoms with E-state index >= 15 is 0 Å². The van der Waals surface area contributed by atoms with Crippen LogP contribution in [0.15, 0.2) is 91.0 Å². The van der Waals surface area contributed by atoms with Crippen molar-refractivity contribution in [2.75, 3.05) is 16.4 Å². The van der Waals surface area contributed by atoms with Gasteiger partial charge in [-0.25, -0.2) is 0 Å². The molecule has 1 saturated heterocycles. The Balaban J connectivity index is 1.30. The van der Waals surface area contributed by atoms with Crippen LogP contribution in [-0.4, -0.2) is 47.7 Å². The molecule has 4 aromatic carbocycles. The number of aliphatic hydroxyl groups is 1. The average molecular weight is 666 g/mol. The number of nitro groups is 1. The van der Waals surface area contributed by atoms with Gasteiger partial charge in [-0.3, -0.25) is 24.6 Å². The van der Waals surface area contributed by atoms with Crippen LogP contribution in [0, 0.1) is 16.0 Å². The van der Waals surface area contributed by atoms with Crippen LogP contribution in [0.5, 0.6) is 11.5 Å². The SMILES string of the molecule is C[C@H]1[C@H]([Si](C)(C)O)[C@@H](CCO)O[C@]12C(=O)N(Cc1cccc(N3C(=O)c4ccccc4Oc4ccccc43)c1)c1ccc([N+](=O)[O-])cc12. The van der Waals surface area contributed by atoms with Crippen LogP contribution in [0.3, 0.4) is 0 Å². The number of benzene rings is 4. The number of rotatable bonds is 7. The van der Waals surface area contributed by atoms with Crippen molar-refractivity contribution in [3.05, 3.63) is 118 Å². The molecule has 48 heavy (non-hydrogen) atoms. The van der Waals surface area contributed by atoms with Gasteiger partial charge in [-0.1, -0.05) is 43.3 Å². The maximum absolute atomic E-state index is 14.7. The molecule has 2 amide bonds. The monoisotopic (exact) mass is 665 g/mol. The second-order valence-corrected chi connectivity index (χ2v) is 17.1. The van der Waals surface area contributed by atoms with Crippen molar-refractivity contribution in [1.82, 2.24) is 0 Å². The predicted molar refractivity (Wildman–Crippen MR) is 181 cm³/mol. The fraction of sp³-hybridized carbons (Fsp3) is 0.278. The van der Waals surface area contributed by atoms with E-state index in [4.69, 9.17) is 9.47 Å². The minimum atomic E-state index is -2.94. The van der Waals surface area contributed by atoms with Crippen LogP contribution in [0.4, 0.5) is 22.7 Å². The van der Waals surface area contributed by atoms with Crippen molar-refractivity contribution in [3.63, 3.8) is 0 Å². The van der Waals surface area contributed by atoms with Crippen LogP contribution in [0.2, 0.25) is 18.6 Å². The first-order valence-electron chi connectivity index (χ1n) is 15.9. The summed E-state index contributed by atoms with van der Waals surface area (Å²) >= 11 is 0. The summed E-state index contributed by atoms with van der Waals surface area (Å²) < 4.78 is 12.8. The number of aliphatic hydroxyl groups excluding tert-OH is 1. The number of non-ortho nitro benzene ring substituents is 1. The Bertz CT molecular complexity index is 1960. The van der Waals surface area contributed by atoms with Crippen molar-refractivity contribution in [2.45, 2.75) is 50.2 Å². The number of hydrogen-bond donors (Lipinski definition) is 2. The highest BCUT2D eigenvalue weighted by atomic mass is 28.4. The van der Waals surface area contributed by atoms with Crippen LogP contribution in [0.1, 0.15) is 34.8 Å². The average Bonchev–Trinajstić information content (AvgIpc) is 3.43. The third-order valence-corrected chi connectivity index (χ3v) is 12.3. The van der Waals surface area contributed by atoms with Gasteiger partial charge in [0.1, 0.15) is 5.75 Å². The van der Waals surface area contributed by atoms with Crippen molar-refractivity contribution >= 4 is 42.9 Å². The molecule has 2 N–H and O–H groups in total. The molecule has 7 rings (SSSR count). The Morgan fingerprint density at radius 2 is 1.67 bits per heavy atom. The van der Waals surface area contributed by atoms with Crippen LogP contribution >= 0.6 is 0 Å². The Morgan fingerprint density at radius 1 is 0.938 bits per heavy atom. The lowest BCUT2D eigenvalue weighted by molar-refractivity contribution is -0.385. The Labute approximate surface area is 278 Å². The lowest BCUT2D eigenvalue weighted by Crippen LogP contribution is -2.46. The molecule has 4 aromatic rings. The molecule has 0 unspecified atom stereocenters. The molecule has 3 aliphatic heterocycles. The topological polar surface area (TPSA) is 143 Å². The molecule has 246 valence electrons. The van der Waals surface area contributed by atoms with Crippen molar-refractivity contribution in [1.29, 1.82) is 0 Å². The summed E-state index contributed by atoms with van der Waals surface area (Å²) in [5, 5.41) is 21.8. The van der Waals surface area contributed by atoms with Gasteiger partial charge in [-0.05, 0) is 67.5 Å². The highest BCUT2D eigenvalue weighted by molar-refractivity contribution is 6.71. The normalized spacial score (nSPS) is 23.1. The predicted octanol–water partition coefficient (Wildman–Crippen LogP) is 6.41. The Morgan fingerprint density at radius 3 is 2.40 bits per heavy atom. The molecule has 0 aliphatic carbocycles. The lowest BCUT2D eigenvalue weighted by atomic mass is 9.82. The smallest absolute Gasteiger partial charge is 0.269 e. The quantitative estimate of drug-likeness (QED) is 0.131. The van der Waals surface area contributed by atoms with Gasteiger partial charge in [0.15, 0.2) is 19.7 Å². The second kappa shape index (κ2) is 11.7. The number of carbonyl (C=O) groups excluding carboxylic acids is 2. The van der Waals surface area contributed by atoms with E-state index in [1.54, 1.807) is 53.2 Å². The van der Waals surface area contributed by atoms with Crippen LogP contribution in [-0.2, 0) is 21.7 Å². The summed E-state index contributed by atoms with van der Waals surface area (Å²) in [4.78, 5) is 54.6. The molecule has 0 radical (unpaired) electrons. The molecule has 3 heterocycles. The number of amides is 2. The molecular weight excluding hydrogens is 630 g/mol. The molecular formula is C36H35N3O8Si. The second-order valence-electron chi connectivity index (χ2n) is 13.1. The maximum Gasteiger partial charge on any atom is 0.269 e. The first-order valence-corrected chi connectivity index (χ1v) is 18.9. The van der Waals surface area contributed by atoms with Gasteiger partial charge in [-0.2, -0.15) is 0 Å². The van der Waals surface area contributed by atoms with E-state index in [1.807, 2.05) is 55.5 Å². The molecule has 11 nitrogen and oxygen atoms in total. The first-order chi connectivity index (χ1) is 23.0. The zero-order chi connectivity index (χ0) is 34.0. The van der Waals surface area contributed by atoms with Gasteiger partial charge in [-0.15, -0.1) is 0 Å². The lowest BCUT2D eigenvalue weighted by Gasteiger charge is -2.32. The molecule has 1 fully saturated rings. The van der Waals surface area contributed by atoms with E-state index in [0.717, 1.165) is 0 Å². The molecule has 0 saturated carbocycles. The van der Waals surface area contributed by atoms with E-state index in [9.17, 15) is 29.6 Å². The number of carbonyl (C=O) groups is 2. The number of anilines is 3. The molecule has 0 bridgehead atoms. The van der Waals surface area contributed by atoms with Crippen LogP contribution in [0.25, 0.3) is 0 Å². The molecule has 1 spiro atoms. The fourth-order valence-electron chi connectivity index (χ4n) is 7.77. The Kier molecular flexibility index (Phi) is 7.71. The number of fused-ring (bicyclic) bond motifs is 4. The van der Waals surface area contributed by atoms with Crippen molar-refractivity contribution in [2.24, 2.45) is 5.92 Å². The minimum Gasteiger partial charge on any atom is -0.454 e. The summed E-state index contributed by atoms with van der Waals surface area (Å²) in [7, 11) is -2.94. The van der Waals surface area contributed by atoms with Gasteiger partial charge in [0, 0.05) is 41.4 Å². The molecule has 4 atom stereocenters. The van der Waals surface area contributed by atoms with Gasteiger partial charge in [0.05, 0.1) is 34.5 Å². The summed E-state index contributed by atoms with van der Waals surface area (Å²) in [6.07, 6.45) is -0.402. The number of nitro benzene ring substituents is 1. The number of hydrogen-bond acceptors (Lipinski definition) is 8. The van der Waals surface area contributed by atoms with E-state index in [2.05, 4.69) is 0 Å². The van der Waals surface area contributed by atoms with Gasteiger partial charge < -0.3 is 24.3 Å². The summed E-state index contributed by atoms with van der Waals surface area (Å²) in [5.41, 5.74) is 0.913. The third kappa shape index (κ3) is 4.91. The number of nitrogens with zero attached hydrogens (tertiary/aromatic N) is 3. The van der Waals surface area contributed by atoms with E-state index in [-0.39, 0.29) is 31.2 Å². The van der Waals surface area contributed by atoms with Crippen LogP contribution < -0.4 is 14.5 Å². The highest BCUT2D eigenvalue weighted by Crippen LogP contribution is 2.60. The summed E-state index contributed by atoms with van der Waals surface area (Å²) in [5.74, 6) is -0.228. The summed E-state index contributed by atoms with van der Waals surface area (Å²) in [6.45, 7) is 5.30. The maximum atomic E-state index is 14.7. The zero-order valence-electron chi connectivity index (χ0n) is 26.7. The van der Waals surface area contributed by atoms with Crippen molar-refractivity contribution in [3.8, 4) is 11.5 Å². The largest absolute Gasteiger partial charge is 0.454 e. The number of para-hydroxylation sites is 3. The van der Waals surface area contributed by atoms with Gasteiger partial charge >= 0.3 is 0 Å². The van der Waals surface area contributed by atoms with E-state index in [0.29, 0.717) is 45.3 Å². The van der Waals surface area contributed by atoms with E-state index in [1.165, 1.54) is 12.1 Å². The molecule has 0 aromatic heterocycles. The van der Waals surface area contributed by atoms with Gasteiger partial charge in [0.2, 0.25) is 0 Å². The zero-order valence-corrected chi connectivity index (χ0v) is 27.7. The summed E-state index contributed by atoms with van der Waals surface area (Å²) in [6, 6.07) is 26.0. The first kappa shape index (κ1) is 31.7. The van der Waals surface area contributed by atoms with Crippen molar-refractivity contribution < 1.29 is 33.9 Å². The Hall–Kier alpha value is -4.88. The number of ether oxygens (including phenoxy) is 2. The molecule has 3 aliphatic rings. The van der Waals surface area contributed by atoms with E-state index < -0.39 is 42.3 Å². The fourth-order valence-corrected chi connectivity index (χ4v) is 10.4. The molecule has 12 heteroatoms. The minimum absolute atomic E-state index is 0.0847. The third-order valence-electron chi connectivity index (χ3n) is 9.75. The highest BCUT2D eigenvalue weighted by Gasteiger charge is 2.66.